The van der Waals surface area contributed by atoms with Crippen molar-refractivity contribution in [2.75, 3.05) is 6.61 Å². The molecule has 1 aliphatic rings. The Labute approximate surface area is 99.6 Å². The minimum atomic E-state index is 0.723. The second-order valence-electron chi connectivity index (χ2n) is 3.81. The molecular formula is C14H10ClO. The Kier molecular flexibility index (Phi) is 2.33. The molecule has 0 fully saturated rings. The van der Waals surface area contributed by atoms with Gasteiger partial charge in [-0.3, -0.25) is 0 Å². The van der Waals surface area contributed by atoms with Gasteiger partial charge in [-0.15, -0.1) is 0 Å². The Hall–Kier alpha value is -1.47. The van der Waals surface area contributed by atoms with E-state index in [2.05, 4.69) is 18.2 Å². The van der Waals surface area contributed by atoms with Crippen LogP contribution in [0.1, 0.15) is 5.56 Å². The number of fused-ring (bicyclic) bond motifs is 1. The minimum absolute atomic E-state index is 0.723. The number of hydrogen-bond acceptors (Lipinski definition) is 1. The Morgan fingerprint density at radius 1 is 1.25 bits per heavy atom. The molecule has 0 amide bonds. The molecule has 3 rings (SSSR count). The van der Waals surface area contributed by atoms with Gasteiger partial charge in [0.1, 0.15) is 5.75 Å². The van der Waals surface area contributed by atoms with E-state index < -0.39 is 0 Å². The molecule has 2 aromatic carbocycles. The third kappa shape index (κ3) is 1.57. The predicted octanol–water partition coefficient (Wildman–Crippen LogP) is 3.74. The molecule has 0 atom stereocenters. The molecule has 1 aliphatic heterocycles. The summed E-state index contributed by atoms with van der Waals surface area (Å²) in [5, 5.41) is 0.723. The van der Waals surface area contributed by atoms with Crippen LogP contribution in [-0.2, 0) is 6.42 Å². The molecule has 0 spiro atoms. The summed E-state index contributed by atoms with van der Waals surface area (Å²) in [4.78, 5) is 0. The summed E-state index contributed by atoms with van der Waals surface area (Å²) in [6.07, 6.45) is 1.00. The normalized spacial score (nSPS) is 13.3. The maximum Gasteiger partial charge on any atom is 0.123 e. The SMILES string of the molecule is Clc1ccc[c]c1-c1ccc2c(c1)OCC2. The minimum Gasteiger partial charge on any atom is -0.493 e. The Bertz CT molecular complexity index is 534. The van der Waals surface area contributed by atoms with Crippen LogP contribution < -0.4 is 4.74 Å². The van der Waals surface area contributed by atoms with Crippen LogP contribution in [0, 0.1) is 6.07 Å². The Morgan fingerprint density at radius 3 is 3.06 bits per heavy atom. The highest BCUT2D eigenvalue weighted by atomic mass is 35.5. The fourth-order valence-electron chi connectivity index (χ4n) is 1.96. The van der Waals surface area contributed by atoms with Gasteiger partial charge in [0.05, 0.1) is 6.61 Å². The maximum absolute atomic E-state index is 6.14. The van der Waals surface area contributed by atoms with Gasteiger partial charge >= 0.3 is 0 Å². The van der Waals surface area contributed by atoms with Gasteiger partial charge < -0.3 is 4.74 Å². The highest BCUT2D eigenvalue weighted by Crippen LogP contribution is 2.33. The zero-order valence-electron chi connectivity index (χ0n) is 8.66. The smallest absolute Gasteiger partial charge is 0.123 e. The van der Waals surface area contributed by atoms with Crippen molar-refractivity contribution < 1.29 is 4.74 Å². The van der Waals surface area contributed by atoms with E-state index in [9.17, 15) is 0 Å². The zero-order valence-corrected chi connectivity index (χ0v) is 9.42. The third-order valence-corrected chi connectivity index (χ3v) is 3.11. The molecule has 1 radical (unpaired) electrons. The van der Waals surface area contributed by atoms with Gasteiger partial charge in [0, 0.05) is 17.0 Å². The molecule has 16 heavy (non-hydrogen) atoms. The summed E-state index contributed by atoms with van der Waals surface area (Å²) < 4.78 is 5.54. The number of ether oxygens (including phenoxy) is 1. The molecular weight excluding hydrogens is 220 g/mol. The van der Waals surface area contributed by atoms with Crippen molar-refractivity contribution in [3.63, 3.8) is 0 Å². The Balaban J connectivity index is 2.11. The molecule has 0 saturated heterocycles. The fourth-order valence-corrected chi connectivity index (χ4v) is 2.20. The van der Waals surface area contributed by atoms with Gasteiger partial charge in [0.15, 0.2) is 0 Å². The van der Waals surface area contributed by atoms with E-state index in [1.165, 1.54) is 5.56 Å². The van der Waals surface area contributed by atoms with Crippen LogP contribution in [0.25, 0.3) is 11.1 Å². The first kappa shape index (κ1) is 9.73. The lowest BCUT2D eigenvalue weighted by Gasteiger charge is -2.06. The Morgan fingerprint density at radius 2 is 2.19 bits per heavy atom. The summed E-state index contributed by atoms with van der Waals surface area (Å²) >= 11 is 6.14. The first-order chi connectivity index (χ1) is 7.84. The van der Waals surface area contributed by atoms with Crippen LogP contribution in [-0.4, -0.2) is 6.61 Å². The lowest BCUT2D eigenvalue weighted by Crippen LogP contribution is -1.86. The summed E-state index contributed by atoms with van der Waals surface area (Å²) in [5.74, 6) is 0.978. The number of benzene rings is 2. The molecule has 0 aliphatic carbocycles. The monoisotopic (exact) mass is 229 g/mol. The van der Waals surface area contributed by atoms with Crippen molar-refractivity contribution in [3.05, 3.63) is 53.1 Å². The van der Waals surface area contributed by atoms with Crippen LogP contribution in [0.2, 0.25) is 5.02 Å². The summed E-state index contributed by atoms with van der Waals surface area (Å²) in [6.45, 7) is 0.783. The number of rotatable bonds is 1. The number of halogens is 1. The van der Waals surface area contributed by atoms with Crippen molar-refractivity contribution in [1.29, 1.82) is 0 Å². The highest BCUT2D eigenvalue weighted by molar-refractivity contribution is 6.33. The molecule has 0 bridgehead atoms. The largest absolute Gasteiger partial charge is 0.493 e. The van der Waals surface area contributed by atoms with Crippen LogP contribution in [0.3, 0.4) is 0 Å². The lowest BCUT2D eigenvalue weighted by atomic mass is 10.0. The second kappa shape index (κ2) is 3.84. The molecule has 2 heteroatoms. The standard InChI is InChI=1S/C14H10ClO/c15-13-4-2-1-3-12(13)11-6-5-10-7-8-16-14(10)9-11/h1-2,4-6,9H,7-8H2. The van der Waals surface area contributed by atoms with Gasteiger partial charge in [-0.2, -0.15) is 0 Å². The molecule has 1 nitrogen and oxygen atoms in total. The molecule has 0 saturated carbocycles. The summed E-state index contributed by atoms with van der Waals surface area (Å²) in [6, 6.07) is 15.0. The molecule has 0 unspecified atom stereocenters. The van der Waals surface area contributed by atoms with E-state index in [1.807, 2.05) is 24.3 Å². The lowest BCUT2D eigenvalue weighted by molar-refractivity contribution is 0.357. The van der Waals surface area contributed by atoms with Gasteiger partial charge in [-0.05, 0) is 29.3 Å². The van der Waals surface area contributed by atoms with E-state index in [1.54, 1.807) is 0 Å². The van der Waals surface area contributed by atoms with Crippen LogP contribution in [0.15, 0.2) is 36.4 Å². The van der Waals surface area contributed by atoms with Crippen LogP contribution in [0.4, 0.5) is 0 Å². The number of hydrogen-bond donors (Lipinski definition) is 0. The predicted molar refractivity (Wildman–Crippen MR) is 64.9 cm³/mol. The van der Waals surface area contributed by atoms with Crippen molar-refractivity contribution in [1.82, 2.24) is 0 Å². The summed E-state index contributed by atoms with van der Waals surface area (Å²) in [7, 11) is 0. The highest BCUT2D eigenvalue weighted by Gasteiger charge is 2.13. The topological polar surface area (TPSA) is 9.23 Å². The van der Waals surface area contributed by atoms with Crippen molar-refractivity contribution >= 4 is 11.6 Å². The molecule has 2 aromatic rings. The zero-order chi connectivity index (χ0) is 11.0. The van der Waals surface area contributed by atoms with E-state index >= 15 is 0 Å². The van der Waals surface area contributed by atoms with E-state index in [4.69, 9.17) is 16.3 Å². The maximum atomic E-state index is 6.14. The fraction of sp³-hybridized carbons (Fsp3) is 0.143. The van der Waals surface area contributed by atoms with Gasteiger partial charge in [0.25, 0.3) is 0 Å². The van der Waals surface area contributed by atoms with Gasteiger partial charge in [0.2, 0.25) is 0 Å². The van der Waals surface area contributed by atoms with Crippen molar-refractivity contribution in [3.8, 4) is 16.9 Å². The average molecular weight is 230 g/mol. The van der Waals surface area contributed by atoms with Crippen LogP contribution in [0.5, 0.6) is 5.75 Å². The molecule has 0 aromatic heterocycles. The van der Waals surface area contributed by atoms with Gasteiger partial charge in [-0.1, -0.05) is 35.9 Å². The van der Waals surface area contributed by atoms with E-state index in [0.717, 1.165) is 34.9 Å². The van der Waals surface area contributed by atoms with E-state index in [-0.39, 0.29) is 0 Å². The first-order valence-electron chi connectivity index (χ1n) is 5.27. The van der Waals surface area contributed by atoms with Crippen molar-refractivity contribution in [2.24, 2.45) is 0 Å². The third-order valence-electron chi connectivity index (χ3n) is 2.79. The first-order valence-corrected chi connectivity index (χ1v) is 5.65. The molecule has 1 heterocycles. The van der Waals surface area contributed by atoms with Crippen LogP contribution >= 0.6 is 11.6 Å². The average Bonchev–Trinajstić information content (AvgIpc) is 2.76. The summed E-state index contributed by atoms with van der Waals surface area (Å²) in [5.41, 5.74) is 3.27. The molecule has 0 N–H and O–H groups in total. The van der Waals surface area contributed by atoms with Crippen molar-refractivity contribution in [2.45, 2.75) is 6.42 Å². The second-order valence-corrected chi connectivity index (χ2v) is 4.22. The van der Waals surface area contributed by atoms with E-state index in [0.29, 0.717) is 0 Å². The van der Waals surface area contributed by atoms with Gasteiger partial charge in [-0.25, -0.2) is 0 Å². The quantitative estimate of drug-likeness (QED) is 0.724. The molecule has 79 valence electrons.